The van der Waals surface area contributed by atoms with Gasteiger partial charge in [0.2, 0.25) is 15.9 Å². The van der Waals surface area contributed by atoms with Crippen molar-refractivity contribution in [1.82, 2.24) is 9.62 Å². The zero-order chi connectivity index (χ0) is 19.4. The molecule has 27 heavy (non-hydrogen) atoms. The molecule has 2 aromatic rings. The minimum Gasteiger partial charge on any atom is -0.352 e. The molecule has 5 nitrogen and oxygen atoms in total. The topological polar surface area (TPSA) is 66.5 Å². The molecule has 1 N–H and O–H groups in total. The second-order valence-corrected chi connectivity index (χ2v) is 9.79. The summed E-state index contributed by atoms with van der Waals surface area (Å²) in [7, 11) is -3.60. The average Bonchev–Trinajstić information content (AvgIpc) is 2.66. The number of carbonyl (C=O) groups is 1. The molecule has 0 spiro atoms. The molecule has 0 radical (unpaired) electrons. The minimum absolute atomic E-state index is 0.134. The molecular formula is C19H20BrClN2O3S. The highest BCUT2D eigenvalue weighted by Crippen LogP contribution is 2.25. The summed E-state index contributed by atoms with van der Waals surface area (Å²) >= 11 is 9.27. The molecule has 1 amide bonds. The Bertz CT molecular complexity index is 919. The highest BCUT2D eigenvalue weighted by molar-refractivity contribution is 9.10. The third-order valence-electron chi connectivity index (χ3n) is 4.56. The van der Waals surface area contributed by atoms with E-state index < -0.39 is 10.0 Å². The summed E-state index contributed by atoms with van der Waals surface area (Å²) in [6.07, 6.45) is 1.33. The molecule has 1 aliphatic heterocycles. The summed E-state index contributed by atoms with van der Waals surface area (Å²) in [4.78, 5) is 12.8. The Morgan fingerprint density at radius 3 is 2.67 bits per heavy atom. The highest BCUT2D eigenvalue weighted by Gasteiger charge is 2.33. The van der Waals surface area contributed by atoms with Crippen LogP contribution >= 0.6 is 27.5 Å². The maximum Gasteiger partial charge on any atom is 0.243 e. The molecule has 2 aromatic carbocycles. The average molecular weight is 472 g/mol. The Morgan fingerprint density at radius 2 is 1.96 bits per heavy atom. The molecule has 8 heteroatoms. The van der Waals surface area contributed by atoms with Gasteiger partial charge >= 0.3 is 0 Å². The molecule has 3 rings (SSSR count). The van der Waals surface area contributed by atoms with Crippen molar-refractivity contribution < 1.29 is 13.2 Å². The predicted molar refractivity (Wildman–Crippen MR) is 109 cm³/mol. The number of nitrogens with one attached hydrogen (secondary N) is 1. The molecule has 0 saturated carbocycles. The second kappa shape index (κ2) is 8.73. The smallest absolute Gasteiger partial charge is 0.243 e. The molecular weight excluding hydrogens is 452 g/mol. The number of hydrogen-bond acceptors (Lipinski definition) is 3. The number of carbonyl (C=O) groups excluding carboxylic acids is 1. The number of nitrogens with zero attached hydrogens (tertiary/aromatic N) is 1. The van der Waals surface area contributed by atoms with E-state index in [9.17, 15) is 13.2 Å². The van der Waals surface area contributed by atoms with Crippen molar-refractivity contribution in [1.29, 1.82) is 0 Å². The van der Waals surface area contributed by atoms with E-state index >= 15 is 0 Å². The van der Waals surface area contributed by atoms with E-state index in [4.69, 9.17) is 11.6 Å². The first kappa shape index (κ1) is 20.3. The van der Waals surface area contributed by atoms with E-state index in [1.165, 1.54) is 4.31 Å². The lowest BCUT2D eigenvalue weighted by atomic mass is 9.99. The molecule has 1 heterocycles. The van der Waals surface area contributed by atoms with Crippen molar-refractivity contribution in [2.24, 2.45) is 5.92 Å². The van der Waals surface area contributed by atoms with Gasteiger partial charge in [-0.15, -0.1) is 0 Å². The second-order valence-electron chi connectivity index (χ2n) is 6.50. The van der Waals surface area contributed by atoms with Crippen LogP contribution in [0.4, 0.5) is 0 Å². The Kier molecular flexibility index (Phi) is 6.57. The molecule has 0 bridgehead atoms. The summed E-state index contributed by atoms with van der Waals surface area (Å²) in [6, 6.07) is 13.8. The van der Waals surface area contributed by atoms with Crippen LogP contribution in [-0.2, 0) is 21.4 Å². The Labute approximate surface area is 172 Å². The van der Waals surface area contributed by atoms with Gasteiger partial charge in [-0.1, -0.05) is 39.7 Å². The zero-order valence-electron chi connectivity index (χ0n) is 14.6. The van der Waals surface area contributed by atoms with Gasteiger partial charge in [0.05, 0.1) is 10.8 Å². The summed E-state index contributed by atoms with van der Waals surface area (Å²) in [5, 5.41) is 3.51. The third kappa shape index (κ3) is 5.10. The monoisotopic (exact) mass is 470 g/mol. The summed E-state index contributed by atoms with van der Waals surface area (Å²) in [6.45, 7) is 0.992. The minimum atomic E-state index is -3.60. The molecule has 1 fully saturated rings. The van der Waals surface area contributed by atoms with Gasteiger partial charge in [-0.05, 0) is 54.8 Å². The lowest BCUT2D eigenvalue weighted by molar-refractivity contribution is -0.126. The van der Waals surface area contributed by atoms with Crippen LogP contribution in [0.5, 0.6) is 0 Å². The van der Waals surface area contributed by atoms with Gasteiger partial charge in [0.1, 0.15) is 0 Å². The molecule has 1 aliphatic rings. The van der Waals surface area contributed by atoms with Crippen molar-refractivity contribution in [3.05, 3.63) is 63.6 Å². The van der Waals surface area contributed by atoms with E-state index in [0.29, 0.717) is 31.0 Å². The quantitative estimate of drug-likeness (QED) is 0.721. The van der Waals surface area contributed by atoms with E-state index in [1.807, 2.05) is 12.1 Å². The first-order valence-corrected chi connectivity index (χ1v) is 11.3. The molecule has 0 aliphatic carbocycles. The van der Waals surface area contributed by atoms with Crippen molar-refractivity contribution >= 4 is 43.5 Å². The van der Waals surface area contributed by atoms with Gasteiger partial charge in [0.15, 0.2) is 0 Å². The molecule has 1 atom stereocenters. The number of benzene rings is 2. The van der Waals surface area contributed by atoms with Crippen LogP contribution in [0.1, 0.15) is 18.4 Å². The van der Waals surface area contributed by atoms with E-state index in [0.717, 1.165) is 10.0 Å². The van der Waals surface area contributed by atoms with Crippen LogP contribution in [-0.4, -0.2) is 31.7 Å². The summed E-state index contributed by atoms with van der Waals surface area (Å²) < 4.78 is 27.9. The van der Waals surface area contributed by atoms with Crippen LogP contribution in [0.25, 0.3) is 0 Å². The van der Waals surface area contributed by atoms with Crippen molar-refractivity contribution in [2.45, 2.75) is 24.3 Å². The SMILES string of the molecule is O=C(NCc1cccc(Cl)c1)C1CCCN(S(=O)(=O)c2ccc(Br)cc2)C1. The van der Waals surface area contributed by atoms with Crippen LogP contribution in [0.15, 0.2) is 57.9 Å². The van der Waals surface area contributed by atoms with E-state index in [2.05, 4.69) is 21.2 Å². The standard InChI is InChI=1S/C19H20BrClN2O3S/c20-16-6-8-18(9-7-16)27(25,26)23-10-2-4-15(13-23)19(24)22-12-14-3-1-5-17(21)11-14/h1,3,5-9,11,15H,2,4,10,12-13H2,(H,22,24). The van der Waals surface area contributed by atoms with Crippen LogP contribution in [0, 0.1) is 5.92 Å². The maximum absolute atomic E-state index is 12.8. The maximum atomic E-state index is 12.8. The van der Waals surface area contributed by atoms with Gasteiger partial charge in [-0.3, -0.25) is 4.79 Å². The van der Waals surface area contributed by atoms with Crippen molar-refractivity contribution in [2.75, 3.05) is 13.1 Å². The zero-order valence-corrected chi connectivity index (χ0v) is 17.7. The number of hydrogen-bond donors (Lipinski definition) is 1. The number of rotatable bonds is 5. The fourth-order valence-corrected chi connectivity index (χ4v) is 5.11. The summed E-state index contributed by atoms with van der Waals surface area (Å²) in [5.41, 5.74) is 0.908. The van der Waals surface area contributed by atoms with Crippen molar-refractivity contribution in [3.8, 4) is 0 Å². The number of amides is 1. The summed E-state index contributed by atoms with van der Waals surface area (Å²) in [5.74, 6) is -0.492. The molecule has 1 saturated heterocycles. The van der Waals surface area contributed by atoms with Gasteiger partial charge in [-0.25, -0.2) is 8.42 Å². The van der Waals surface area contributed by atoms with Crippen LogP contribution in [0.2, 0.25) is 5.02 Å². The Morgan fingerprint density at radius 1 is 1.22 bits per heavy atom. The first-order chi connectivity index (χ1) is 12.9. The fourth-order valence-electron chi connectivity index (χ4n) is 3.11. The Hall–Kier alpha value is -1.41. The van der Waals surface area contributed by atoms with Gasteiger partial charge in [0.25, 0.3) is 0 Å². The van der Waals surface area contributed by atoms with E-state index in [-0.39, 0.29) is 23.3 Å². The molecule has 144 valence electrons. The lowest BCUT2D eigenvalue weighted by Crippen LogP contribution is -2.45. The molecule has 1 unspecified atom stereocenters. The number of halogens is 2. The van der Waals surface area contributed by atoms with Gasteiger partial charge < -0.3 is 5.32 Å². The number of sulfonamides is 1. The van der Waals surface area contributed by atoms with E-state index in [1.54, 1.807) is 36.4 Å². The number of piperidine rings is 1. The lowest BCUT2D eigenvalue weighted by Gasteiger charge is -2.31. The van der Waals surface area contributed by atoms with Gasteiger partial charge in [0, 0.05) is 29.1 Å². The van der Waals surface area contributed by atoms with Gasteiger partial charge in [-0.2, -0.15) is 4.31 Å². The van der Waals surface area contributed by atoms with Crippen LogP contribution in [0.3, 0.4) is 0 Å². The highest BCUT2D eigenvalue weighted by atomic mass is 79.9. The normalized spacial score (nSPS) is 18.2. The first-order valence-electron chi connectivity index (χ1n) is 8.64. The Balaban J connectivity index is 1.64. The largest absolute Gasteiger partial charge is 0.352 e. The third-order valence-corrected chi connectivity index (χ3v) is 7.21. The molecule has 0 aromatic heterocycles. The fraction of sp³-hybridized carbons (Fsp3) is 0.316. The van der Waals surface area contributed by atoms with Crippen LogP contribution < -0.4 is 5.32 Å². The predicted octanol–water partition coefficient (Wildman–Crippen LogP) is 3.82. The van der Waals surface area contributed by atoms with Crippen molar-refractivity contribution in [3.63, 3.8) is 0 Å².